The smallest absolute Gasteiger partial charge is 0.306 e. The second-order valence-corrected chi connectivity index (χ2v) is 6.45. The minimum atomic E-state index is -0.336. The summed E-state index contributed by atoms with van der Waals surface area (Å²) in [4.78, 5) is 25.7. The largest absolute Gasteiger partial charge is 0.497 e. The third kappa shape index (κ3) is 4.56. The van der Waals surface area contributed by atoms with E-state index in [1.165, 1.54) is 0 Å². The number of carbonyl (C=O) groups is 2. The number of nitrogens with zero attached hydrogens (tertiary/aromatic N) is 1. The van der Waals surface area contributed by atoms with Gasteiger partial charge in [0.15, 0.2) is 0 Å². The van der Waals surface area contributed by atoms with Crippen molar-refractivity contribution in [2.45, 2.75) is 25.1 Å². The quantitative estimate of drug-likeness (QED) is 0.702. The van der Waals surface area contributed by atoms with Gasteiger partial charge in [0.25, 0.3) is 0 Å². The van der Waals surface area contributed by atoms with Crippen LogP contribution in [0.15, 0.2) is 18.2 Å². The molecule has 0 aromatic heterocycles. The Hall–Kier alpha value is -1.89. The molecule has 0 spiro atoms. The number of hydrogen-bond acceptors (Lipinski definition) is 6. The molecule has 1 aliphatic heterocycles. The molecular weight excluding hydrogens is 330 g/mol. The molecule has 0 N–H and O–H groups in total. The predicted molar refractivity (Wildman–Crippen MR) is 92.3 cm³/mol. The number of ether oxygens (including phenoxy) is 3. The van der Waals surface area contributed by atoms with E-state index in [9.17, 15) is 9.59 Å². The van der Waals surface area contributed by atoms with E-state index in [4.69, 9.17) is 14.2 Å². The van der Waals surface area contributed by atoms with Gasteiger partial charge >= 0.3 is 5.97 Å². The van der Waals surface area contributed by atoms with Gasteiger partial charge < -0.3 is 19.1 Å². The SMILES string of the molecule is CCOC(=O)CCC(=O)N1CCS[C@H]1c1cc(OC)cc(OC)c1. The third-order valence-electron chi connectivity index (χ3n) is 3.72. The van der Waals surface area contributed by atoms with Crippen LogP contribution in [0, 0.1) is 0 Å². The Morgan fingerprint density at radius 2 is 1.83 bits per heavy atom. The topological polar surface area (TPSA) is 65.1 Å². The van der Waals surface area contributed by atoms with Gasteiger partial charge in [0.1, 0.15) is 16.9 Å². The third-order valence-corrected chi connectivity index (χ3v) is 4.98. The van der Waals surface area contributed by atoms with Gasteiger partial charge in [-0.2, -0.15) is 0 Å². The van der Waals surface area contributed by atoms with Crippen LogP contribution in [-0.4, -0.2) is 49.9 Å². The number of amides is 1. The normalized spacial score (nSPS) is 16.8. The average molecular weight is 353 g/mol. The van der Waals surface area contributed by atoms with Gasteiger partial charge in [-0.1, -0.05) is 0 Å². The molecular formula is C17H23NO5S. The molecule has 24 heavy (non-hydrogen) atoms. The van der Waals surface area contributed by atoms with E-state index in [0.29, 0.717) is 24.7 Å². The fourth-order valence-corrected chi connectivity index (χ4v) is 3.82. The summed E-state index contributed by atoms with van der Waals surface area (Å²) in [5, 5.41) is -0.0938. The van der Waals surface area contributed by atoms with Gasteiger partial charge in [-0.15, -0.1) is 11.8 Å². The molecule has 0 radical (unpaired) electrons. The minimum Gasteiger partial charge on any atom is -0.497 e. The number of carbonyl (C=O) groups excluding carboxylic acids is 2. The highest BCUT2D eigenvalue weighted by Crippen LogP contribution is 2.40. The number of methoxy groups -OCH3 is 2. The molecule has 0 aliphatic carbocycles. The van der Waals surface area contributed by atoms with Crippen molar-refractivity contribution >= 4 is 23.6 Å². The lowest BCUT2D eigenvalue weighted by atomic mass is 10.1. The van der Waals surface area contributed by atoms with E-state index < -0.39 is 0 Å². The van der Waals surface area contributed by atoms with Gasteiger partial charge in [0, 0.05) is 24.8 Å². The molecule has 1 heterocycles. The molecule has 132 valence electrons. The summed E-state index contributed by atoms with van der Waals surface area (Å²) in [7, 11) is 3.20. The fraction of sp³-hybridized carbons (Fsp3) is 0.529. The molecule has 1 aromatic carbocycles. The zero-order valence-electron chi connectivity index (χ0n) is 14.2. The zero-order valence-corrected chi connectivity index (χ0v) is 15.1. The highest BCUT2D eigenvalue weighted by Gasteiger charge is 2.31. The lowest BCUT2D eigenvalue weighted by molar-refractivity contribution is -0.145. The van der Waals surface area contributed by atoms with E-state index in [1.807, 2.05) is 12.1 Å². The first kappa shape index (κ1) is 18.4. The number of esters is 1. The van der Waals surface area contributed by atoms with Crippen LogP contribution in [0.3, 0.4) is 0 Å². The van der Waals surface area contributed by atoms with E-state index in [1.54, 1.807) is 43.9 Å². The predicted octanol–water partition coefficient (Wildman–Crippen LogP) is 2.62. The van der Waals surface area contributed by atoms with Crippen LogP contribution in [0.4, 0.5) is 0 Å². The Balaban J connectivity index is 2.09. The van der Waals surface area contributed by atoms with Crippen LogP contribution in [0.2, 0.25) is 0 Å². The average Bonchev–Trinajstić information content (AvgIpc) is 3.09. The first-order valence-corrected chi connectivity index (χ1v) is 8.93. The summed E-state index contributed by atoms with van der Waals surface area (Å²) < 4.78 is 15.5. The van der Waals surface area contributed by atoms with Crippen LogP contribution in [0.1, 0.15) is 30.7 Å². The molecule has 1 saturated heterocycles. The van der Waals surface area contributed by atoms with E-state index >= 15 is 0 Å². The number of hydrogen-bond donors (Lipinski definition) is 0. The molecule has 0 saturated carbocycles. The monoisotopic (exact) mass is 353 g/mol. The van der Waals surface area contributed by atoms with Gasteiger partial charge in [0.05, 0.1) is 27.2 Å². The lowest BCUT2D eigenvalue weighted by Crippen LogP contribution is -2.30. The Kier molecular flexibility index (Phi) is 6.78. The number of benzene rings is 1. The van der Waals surface area contributed by atoms with E-state index in [-0.39, 0.29) is 30.1 Å². The van der Waals surface area contributed by atoms with Gasteiger partial charge in [-0.3, -0.25) is 9.59 Å². The Labute approximate surface area is 146 Å². The van der Waals surface area contributed by atoms with Crippen LogP contribution in [0.25, 0.3) is 0 Å². The summed E-state index contributed by atoms with van der Waals surface area (Å²) in [6.07, 6.45) is 0.277. The van der Waals surface area contributed by atoms with Crippen molar-refractivity contribution in [1.82, 2.24) is 4.90 Å². The van der Waals surface area contributed by atoms with Gasteiger partial charge in [-0.05, 0) is 24.6 Å². The van der Waals surface area contributed by atoms with Crippen molar-refractivity contribution in [3.05, 3.63) is 23.8 Å². The molecule has 1 fully saturated rings. The lowest BCUT2D eigenvalue weighted by Gasteiger charge is -2.24. The highest BCUT2D eigenvalue weighted by molar-refractivity contribution is 7.99. The summed E-state index contributed by atoms with van der Waals surface area (Å²) in [5.41, 5.74) is 0.957. The molecule has 7 heteroatoms. The van der Waals surface area contributed by atoms with Gasteiger partial charge in [-0.25, -0.2) is 0 Å². The van der Waals surface area contributed by atoms with Gasteiger partial charge in [0.2, 0.25) is 5.91 Å². The summed E-state index contributed by atoms with van der Waals surface area (Å²) in [6, 6.07) is 5.63. The van der Waals surface area contributed by atoms with Crippen LogP contribution >= 0.6 is 11.8 Å². The maximum Gasteiger partial charge on any atom is 0.306 e. The zero-order chi connectivity index (χ0) is 17.5. The van der Waals surface area contributed by atoms with Crippen molar-refractivity contribution in [1.29, 1.82) is 0 Å². The summed E-state index contributed by atoms with van der Waals surface area (Å²) in [6.45, 7) is 2.75. The van der Waals surface area contributed by atoms with Crippen molar-refractivity contribution in [2.24, 2.45) is 0 Å². The molecule has 1 aromatic rings. The number of rotatable bonds is 7. The van der Waals surface area contributed by atoms with E-state index in [2.05, 4.69) is 0 Å². The first-order chi connectivity index (χ1) is 11.6. The Morgan fingerprint density at radius 3 is 2.42 bits per heavy atom. The molecule has 2 rings (SSSR count). The van der Waals surface area contributed by atoms with Crippen LogP contribution in [-0.2, 0) is 14.3 Å². The molecule has 1 amide bonds. The van der Waals surface area contributed by atoms with E-state index in [0.717, 1.165) is 11.3 Å². The second-order valence-electron chi connectivity index (χ2n) is 5.26. The maximum absolute atomic E-state index is 12.5. The Bertz CT molecular complexity index is 570. The fourth-order valence-electron chi connectivity index (χ4n) is 2.56. The second kappa shape index (κ2) is 8.82. The van der Waals surface area contributed by atoms with Crippen LogP contribution in [0.5, 0.6) is 11.5 Å². The molecule has 0 unspecified atom stereocenters. The molecule has 0 bridgehead atoms. The number of thioether (sulfide) groups is 1. The maximum atomic E-state index is 12.5. The van der Waals surface area contributed by atoms with Crippen molar-refractivity contribution in [3.8, 4) is 11.5 Å². The van der Waals surface area contributed by atoms with Crippen LogP contribution < -0.4 is 9.47 Å². The summed E-state index contributed by atoms with van der Waals surface area (Å²) in [5.74, 6) is 1.86. The first-order valence-electron chi connectivity index (χ1n) is 7.88. The molecule has 1 aliphatic rings. The standard InChI is InChI=1S/C17H23NO5S/c1-4-23-16(20)6-5-15(19)18-7-8-24-17(18)12-9-13(21-2)11-14(10-12)22-3/h9-11,17H,4-8H2,1-3H3/t17-/m0/s1. The minimum absolute atomic E-state index is 0.0418. The Morgan fingerprint density at radius 1 is 1.17 bits per heavy atom. The highest BCUT2D eigenvalue weighted by atomic mass is 32.2. The summed E-state index contributed by atoms with van der Waals surface area (Å²) >= 11 is 1.69. The van der Waals surface area contributed by atoms with Crippen molar-refractivity contribution < 1.29 is 23.8 Å². The van der Waals surface area contributed by atoms with Crippen molar-refractivity contribution in [2.75, 3.05) is 33.1 Å². The molecule has 6 nitrogen and oxygen atoms in total. The molecule has 1 atom stereocenters. The van der Waals surface area contributed by atoms with Crippen molar-refractivity contribution in [3.63, 3.8) is 0 Å².